The molecule has 0 radical (unpaired) electrons. The van der Waals surface area contributed by atoms with Gasteiger partial charge in [0.25, 0.3) is 0 Å². The molecule has 1 aromatic rings. The van der Waals surface area contributed by atoms with E-state index in [1.54, 1.807) is 0 Å². The van der Waals surface area contributed by atoms with E-state index >= 15 is 0 Å². The number of nitrogens with one attached hydrogen (secondary N) is 1. The number of hydrogen-bond donors (Lipinski definition) is 1. The Bertz CT molecular complexity index is 315. The number of ketones is 1. The van der Waals surface area contributed by atoms with Crippen molar-refractivity contribution < 1.29 is 4.79 Å². The molecule has 1 unspecified atom stereocenters. The predicted octanol–water partition coefficient (Wildman–Crippen LogP) is 2.40. The largest absolute Gasteiger partial charge is 0.314 e. The molecule has 1 aliphatic heterocycles. The van der Waals surface area contributed by atoms with Gasteiger partial charge in [-0.05, 0) is 19.4 Å². The standard InChI is InChI=1S/C13H17NO/c15-13(11-6-2-1-3-7-11)10-12-8-4-5-9-14-12/h1-3,6-7,12,14H,4-5,8-10H2. The van der Waals surface area contributed by atoms with Gasteiger partial charge in [-0.2, -0.15) is 0 Å². The molecule has 1 fully saturated rings. The molecule has 2 nitrogen and oxygen atoms in total. The second kappa shape index (κ2) is 5.08. The lowest BCUT2D eigenvalue weighted by atomic mass is 9.97. The van der Waals surface area contributed by atoms with Gasteiger partial charge in [0, 0.05) is 18.0 Å². The fraction of sp³-hybridized carbons (Fsp3) is 0.462. The number of carbonyl (C=O) groups excluding carboxylic acids is 1. The predicted molar refractivity (Wildman–Crippen MR) is 61.0 cm³/mol. The Morgan fingerprint density at radius 2 is 2.07 bits per heavy atom. The van der Waals surface area contributed by atoms with Crippen LogP contribution in [0, 0.1) is 0 Å². The molecule has 1 aliphatic rings. The number of carbonyl (C=O) groups is 1. The topological polar surface area (TPSA) is 29.1 Å². The first-order valence-electron chi connectivity index (χ1n) is 5.68. The summed E-state index contributed by atoms with van der Waals surface area (Å²) in [6.07, 6.45) is 4.28. The van der Waals surface area contributed by atoms with Gasteiger partial charge in [0.15, 0.2) is 5.78 Å². The molecule has 15 heavy (non-hydrogen) atoms. The fourth-order valence-electron chi connectivity index (χ4n) is 2.06. The maximum atomic E-state index is 11.9. The van der Waals surface area contributed by atoms with Gasteiger partial charge in [-0.15, -0.1) is 0 Å². The number of hydrogen-bond acceptors (Lipinski definition) is 2. The summed E-state index contributed by atoms with van der Waals surface area (Å²) in [6.45, 7) is 1.06. The Hall–Kier alpha value is -1.15. The summed E-state index contributed by atoms with van der Waals surface area (Å²) < 4.78 is 0. The van der Waals surface area contributed by atoms with Crippen LogP contribution in [0.2, 0.25) is 0 Å². The van der Waals surface area contributed by atoms with Gasteiger partial charge in [-0.3, -0.25) is 4.79 Å². The van der Waals surface area contributed by atoms with Crippen LogP contribution in [0.5, 0.6) is 0 Å². The van der Waals surface area contributed by atoms with Crippen LogP contribution < -0.4 is 5.32 Å². The second-order valence-corrected chi connectivity index (χ2v) is 4.14. The molecule has 0 amide bonds. The zero-order valence-corrected chi connectivity index (χ0v) is 8.91. The highest BCUT2D eigenvalue weighted by Crippen LogP contribution is 2.13. The smallest absolute Gasteiger partial charge is 0.164 e. The first-order chi connectivity index (χ1) is 7.36. The third kappa shape index (κ3) is 2.90. The number of benzene rings is 1. The summed E-state index contributed by atoms with van der Waals surface area (Å²) in [5.41, 5.74) is 0.838. The summed E-state index contributed by atoms with van der Waals surface area (Å²) in [6, 6.07) is 9.96. The van der Waals surface area contributed by atoms with Crippen molar-refractivity contribution in [1.29, 1.82) is 0 Å². The second-order valence-electron chi connectivity index (χ2n) is 4.14. The minimum Gasteiger partial charge on any atom is -0.314 e. The minimum atomic E-state index is 0.259. The summed E-state index contributed by atoms with van der Waals surface area (Å²) >= 11 is 0. The Morgan fingerprint density at radius 3 is 2.73 bits per heavy atom. The molecule has 0 bridgehead atoms. The first-order valence-corrected chi connectivity index (χ1v) is 5.68. The highest BCUT2D eigenvalue weighted by Gasteiger charge is 2.16. The van der Waals surface area contributed by atoms with Crippen LogP contribution in [0.15, 0.2) is 30.3 Å². The summed E-state index contributed by atoms with van der Waals surface area (Å²) in [5, 5.41) is 3.40. The number of Topliss-reactive ketones (excluding diaryl/α,β-unsaturated/α-hetero) is 1. The molecule has 1 saturated heterocycles. The van der Waals surface area contributed by atoms with Crippen LogP contribution in [-0.2, 0) is 0 Å². The van der Waals surface area contributed by atoms with E-state index in [2.05, 4.69) is 5.32 Å². The Balaban J connectivity index is 1.91. The van der Waals surface area contributed by atoms with E-state index in [1.165, 1.54) is 12.8 Å². The third-order valence-electron chi connectivity index (χ3n) is 2.94. The quantitative estimate of drug-likeness (QED) is 0.764. The maximum absolute atomic E-state index is 11.9. The SMILES string of the molecule is O=C(CC1CCCCN1)c1ccccc1. The van der Waals surface area contributed by atoms with Gasteiger partial charge in [0.2, 0.25) is 0 Å². The molecule has 0 spiro atoms. The molecule has 1 aromatic carbocycles. The van der Waals surface area contributed by atoms with Crippen LogP contribution in [0.1, 0.15) is 36.0 Å². The highest BCUT2D eigenvalue weighted by molar-refractivity contribution is 5.96. The monoisotopic (exact) mass is 203 g/mol. The minimum absolute atomic E-state index is 0.259. The van der Waals surface area contributed by atoms with Crippen LogP contribution >= 0.6 is 0 Å². The zero-order chi connectivity index (χ0) is 10.5. The van der Waals surface area contributed by atoms with Gasteiger partial charge < -0.3 is 5.32 Å². The van der Waals surface area contributed by atoms with Crippen molar-refractivity contribution in [3.8, 4) is 0 Å². The molecular weight excluding hydrogens is 186 g/mol. The van der Waals surface area contributed by atoms with Gasteiger partial charge in [0.1, 0.15) is 0 Å². The highest BCUT2D eigenvalue weighted by atomic mass is 16.1. The van der Waals surface area contributed by atoms with E-state index < -0.39 is 0 Å². The normalized spacial score (nSPS) is 21.2. The lowest BCUT2D eigenvalue weighted by molar-refractivity contribution is 0.0963. The number of piperidine rings is 1. The van der Waals surface area contributed by atoms with Crippen molar-refractivity contribution in [2.24, 2.45) is 0 Å². The first kappa shape index (κ1) is 10.4. The average Bonchev–Trinajstić information content (AvgIpc) is 2.31. The average molecular weight is 203 g/mol. The molecule has 0 aromatic heterocycles. The van der Waals surface area contributed by atoms with Crippen molar-refractivity contribution in [3.63, 3.8) is 0 Å². The molecule has 1 N–H and O–H groups in total. The Kier molecular flexibility index (Phi) is 3.51. The molecule has 80 valence electrons. The van der Waals surface area contributed by atoms with Crippen molar-refractivity contribution in [1.82, 2.24) is 5.32 Å². The van der Waals surface area contributed by atoms with Crippen LogP contribution in [0.3, 0.4) is 0 Å². The van der Waals surface area contributed by atoms with E-state index in [4.69, 9.17) is 0 Å². The van der Waals surface area contributed by atoms with Crippen LogP contribution in [-0.4, -0.2) is 18.4 Å². The van der Waals surface area contributed by atoms with E-state index in [1.807, 2.05) is 30.3 Å². The Morgan fingerprint density at radius 1 is 1.27 bits per heavy atom. The lowest BCUT2D eigenvalue weighted by Crippen LogP contribution is -2.35. The van der Waals surface area contributed by atoms with Crippen molar-refractivity contribution >= 4 is 5.78 Å². The fourth-order valence-corrected chi connectivity index (χ4v) is 2.06. The van der Waals surface area contributed by atoms with E-state index in [9.17, 15) is 4.79 Å². The summed E-state index contributed by atoms with van der Waals surface area (Å²) in [7, 11) is 0. The summed E-state index contributed by atoms with van der Waals surface area (Å²) in [4.78, 5) is 11.9. The van der Waals surface area contributed by atoms with Gasteiger partial charge in [-0.25, -0.2) is 0 Å². The molecule has 0 saturated carbocycles. The molecule has 1 atom stereocenters. The van der Waals surface area contributed by atoms with E-state index in [-0.39, 0.29) is 5.78 Å². The van der Waals surface area contributed by atoms with Gasteiger partial charge >= 0.3 is 0 Å². The van der Waals surface area contributed by atoms with Crippen molar-refractivity contribution in [3.05, 3.63) is 35.9 Å². The molecular formula is C13H17NO. The van der Waals surface area contributed by atoms with Gasteiger partial charge in [-0.1, -0.05) is 36.8 Å². The molecule has 2 heteroatoms. The van der Waals surface area contributed by atoms with Crippen LogP contribution in [0.25, 0.3) is 0 Å². The maximum Gasteiger partial charge on any atom is 0.164 e. The lowest BCUT2D eigenvalue weighted by Gasteiger charge is -2.22. The third-order valence-corrected chi connectivity index (χ3v) is 2.94. The number of rotatable bonds is 3. The molecule has 1 heterocycles. The van der Waals surface area contributed by atoms with Crippen LogP contribution in [0.4, 0.5) is 0 Å². The Labute approximate surface area is 90.7 Å². The molecule has 2 rings (SSSR count). The summed E-state index contributed by atoms with van der Waals surface area (Å²) in [5.74, 6) is 0.259. The molecule has 0 aliphatic carbocycles. The van der Waals surface area contributed by atoms with E-state index in [0.717, 1.165) is 18.5 Å². The van der Waals surface area contributed by atoms with Crippen molar-refractivity contribution in [2.45, 2.75) is 31.7 Å². The zero-order valence-electron chi connectivity index (χ0n) is 8.91. The van der Waals surface area contributed by atoms with Gasteiger partial charge in [0.05, 0.1) is 0 Å². The van der Waals surface area contributed by atoms with Crippen molar-refractivity contribution in [2.75, 3.05) is 6.54 Å². The van der Waals surface area contributed by atoms with E-state index in [0.29, 0.717) is 12.5 Å².